The summed E-state index contributed by atoms with van der Waals surface area (Å²) in [5.41, 5.74) is 9.54. The lowest BCUT2D eigenvalue weighted by atomic mass is 9.96. The number of nitrogen functional groups attached to an aromatic ring is 1. The number of aromatic nitrogens is 2. The highest BCUT2D eigenvalue weighted by atomic mass is 15.3. The highest BCUT2D eigenvalue weighted by molar-refractivity contribution is 5.75. The van der Waals surface area contributed by atoms with Gasteiger partial charge in [0.25, 0.3) is 0 Å². The van der Waals surface area contributed by atoms with Gasteiger partial charge >= 0.3 is 0 Å². The zero-order valence-electron chi connectivity index (χ0n) is 9.85. The van der Waals surface area contributed by atoms with Gasteiger partial charge < -0.3 is 10.6 Å². The first-order valence-corrected chi connectivity index (χ1v) is 5.93. The number of nitrogens with two attached hydrogens (primary N) is 1. The smallest absolute Gasteiger partial charge is 0.143 e. The summed E-state index contributed by atoms with van der Waals surface area (Å²) in [5.74, 6) is 0.633. The van der Waals surface area contributed by atoms with Crippen molar-refractivity contribution >= 4 is 17.2 Å². The average Bonchev–Trinajstić information content (AvgIpc) is 2.75. The fraction of sp³-hybridized carbons (Fsp3) is 0.308. The molecule has 1 aliphatic rings. The molecule has 17 heavy (non-hydrogen) atoms. The van der Waals surface area contributed by atoms with Crippen molar-refractivity contribution in [2.24, 2.45) is 0 Å². The maximum atomic E-state index is 5.93. The number of nitrogens with zero attached hydrogens (tertiary/aromatic N) is 2. The molecule has 1 unspecified atom stereocenters. The van der Waals surface area contributed by atoms with Crippen LogP contribution in [0.5, 0.6) is 0 Å². The number of rotatable bonds is 1. The van der Waals surface area contributed by atoms with E-state index in [2.05, 4.69) is 46.3 Å². The molecule has 1 aromatic heterocycles. The summed E-state index contributed by atoms with van der Waals surface area (Å²) in [4.78, 5) is 2.28. The molecule has 0 aliphatic carbocycles. The number of para-hydroxylation sites is 1. The molecule has 0 spiro atoms. The van der Waals surface area contributed by atoms with E-state index >= 15 is 0 Å². The van der Waals surface area contributed by atoms with Gasteiger partial charge in [0.05, 0.1) is 6.20 Å². The number of anilines is 3. The molecule has 0 bridgehead atoms. The van der Waals surface area contributed by atoms with E-state index in [0.717, 1.165) is 18.5 Å². The predicted molar refractivity (Wildman–Crippen MR) is 69.4 cm³/mol. The van der Waals surface area contributed by atoms with E-state index in [1.807, 2.05) is 0 Å². The molecule has 0 fully saturated rings. The lowest BCUT2D eigenvalue weighted by Gasteiger charge is -2.36. The first kappa shape index (κ1) is 10.2. The number of H-pyrrole nitrogens is 1. The molecule has 0 radical (unpaired) electrons. The van der Waals surface area contributed by atoms with E-state index in [9.17, 15) is 0 Å². The monoisotopic (exact) mass is 228 g/mol. The van der Waals surface area contributed by atoms with Gasteiger partial charge in [0.1, 0.15) is 11.5 Å². The molecule has 3 rings (SSSR count). The highest BCUT2D eigenvalue weighted by Gasteiger charge is 2.25. The summed E-state index contributed by atoms with van der Waals surface area (Å²) in [5, 5.41) is 6.82. The normalized spacial score (nSPS) is 19.1. The van der Waals surface area contributed by atoms with Crippen LogP contribution in [0.25, 0.3) is 0 Å². The van der Waals surface area contributed by atoms with Crippen LogP contribution < -0.4 is 10.6 Å². The predicted octanol–water partition coefficient (Wildman–Crippen LogP) is 2.46. The summed E-state index contributed by atoms with van der Waals surface area (Å²) in [6.07, 6.45) is 4.07. The quantitative estimate of drug-likeness (QED) is 0.788. The second-order valence-electron chi connectivity index (χ2n) is 4.56. The molecule has 3 N–H and O–H groups in total. The average molecular weight is 228 g/mol. The topological polar surface area (TPSA) is 57.9 Å². The fourth-order valence-corrected chi connectivity index (χ4v) is 2.54. The molecule has 1 aromatic carbocycles. The number of benzene rings is 1. The zero-order chi connectivity index (χ0) is 11.8. The number of hydrogen-bond acceptors (Lipinski definition) is 3. The lowest BCUT2D eigenvalue weighted by Crippen LogP contribution is -2.33. The molecule has 0 saturated carbocycles. The summed E-state index contributed by atoms with van der Waals surface area (Å²) >= 11 is 0. The van der Waals surface area contributed by atoms with Crippen molar-refractivity contribution in [1.82, 2.24) is 10.2 Å². The van der Waals surface area contributed by atoms with Crippen LogP contribution in [0.2, 0.25) is 0 Å². The molecule has 1 aliphatic heterocycles. The third-order valence-corrected chi connectivity index (χ3v) is 3.43. The highest BCUT2D eigenvalue weighted by Crippen LogP contribution is 2.38. The van der Waals surface area contributed by atoms with Crippen LogP contribution in [0.3, 0.4) is 0 Å². The van der Waals surface area contributed by atoms with Crippen LogP contribution in [-0.2, 0) is 6.42 Å². The van der Waals surface area contributed by atoms with Gasteiger partial charge in [-0.2, -0.15) is 5.10 Å². The van der Waals surface area contributed by atoms with Crippen LogP contribution in [0.15, 0.2) is 30.5 Å². The Bertz CT molecular complexity index is 532. The Labute approximate surface area is 100 Å². The number of aryl methyl sites for hydroxylation is 1. The Morgan fingerprint density at radius 1 is 1.35 bits per heavy atom. The third kappa shape index (κ3) is 1.56. The minimum absolute atomic E-state index is 0.449. The van der Waals surface area contributed by atoms with Gasteiger partial charge in [-0.25, -0.2) is 0 Å². The summed E-state index contributed by atoms with van der Waals surface area (Å²) < 4.78 is 0. The molecule has 4 heteroatoms. The Kier molecular flexibility index (Phi) is 2.28. The third-order valence-electron chi connectivity index (χ3n) is 3.43. The second kappa shape index (κ2) is 3.80. The van der Waals surface area contributed by atoms with Gasteiger partial charge in [-0.15, -0.1) is 0 Å². The van der Waals surface area contributed by atoms with Crippen molar-refractivity contribution in [2.45, 2.75) is 25.8 Å². The van der Waals surface area contributed by atoms with E-state index in [1.165, 1.54) is 11.3 Å². The summed E-state index contributed by atoms with van der Waals surface area (Å²) in [6, 6.07) is 8.94. The Morgan fingerprint density at radius 2 is 2.18 bits per heavy atom. The SMILES string of the molecule is CC1CCc2ccccc2N1c1cn[nH]c1N. The van der Waals surface area contributed by atoms with Gasteiger partial charge in [0, 0.05) is 11.7 Å². The molecule has 0 amide bonds. The van der Waals surface area contributed by atoms with E-state index in [0.29, 0.717) is 11.9 Å². The molecule has 0 saturated heterocycles. The summed E-state index contributed by atoms with van der Waals surface area (Å²) in [6.45, 7) is 2.22. The van der Waals surface area contributed by atoms with E-state index < -0.39 is 0 Å². The Morgan fingerprint density at radius 3 is 2.94 bits per heavy atom. The Balaban J connectivity index is 2.13. The van der Waals surface area contributed by atoms with Crippen LogP contribution >= 0.6 is 0 Å². The fourth-order valence-electron chi connectivity index (χ4n) is 2.54. The van der Waals surface area contributed by atoms with Crippen LogP contribution in [0, 0.1) is 0 Å². The second-order valence-corrected chi connectivity index (χ2v) is 4.56. The largest absolute Gasteiger partial charge is 0.382 e. The van der Waals surface area contributed by atoms with Crippen molar-refractivity contribution in [3.05, 3.63) is 36.0 Å². The molecule has 4 nitrogen and oxygen atoms in total. The van der Waals surface area contributed by atoms with Gasteiger partial charge in [-0.3, -0.25) is 5.10 Å². The Hall–Kier alpha value is -1.97. The number of aromatic amines is 1. The number of hydrogen-bond donors (Lipinski definition) is 2. The molecular formula is C13H16N4. The van der Waals surface area contributed by atoms with E-state index in [4.69, 9.17) is 5.73 Å². The lowest BCUT2D eigenvalue weighted by molar-refractivity contribution is 0.619. The van der Waals surface area contributed by atoms with Gasteiger partial charge in [0.2, 0.25) is 0 Å². The molecule has 88 valence electrons. The molecule has 2 heterocycles. The zero-order valence-corrected chi connectivity index (χ0v) is 9.85. The van der Waals surface area contributed by atoms with Crippen molar-refractivity contribution in [1.29, 1.82) is 0 Å². The van der Waals surface area contributed by atoms with Crippen molar-refractivity contribution in [3.63, 3.8) is 0 Å². The first-order chi connectivity index (χ1) is 8.27. The first-order valence-electron chi connectivity index (χ1n) is 5.93. The molecular weight excluding hydrogens is 212 g/mol. The van der Waals surface area contributed by atoms with Crippen molar-refractivity contribution < 1.29 is 0 Å². The minimum atomic E-state index is 0.449. The standard InChI is InChI=1S/C13H16N4/c1-9-6-7-10-4-2-3-5-11(10)17(9)12-8-15-16-13(12)14/h2-5,8-9H,6-7H2,1H3,(H3,14,15,16). The van der Waals surface area contributed by atoms with E-state index in [1.54, 1.807) is 6.20 Å². The van der Waals surface area contributed by atoms with Crippen molar-refractivity contribution in [2.75, 3.05) is 10.6 Å². The number of nitrogens with one attached hydrogen (secondary N) is 1. The maximum absolute atomic E-state index is 5.93. The van der Waals surface area contributed by atoms with Crippen molar-refractivity contribution in [3.8, 4) is 0 Å². The molecule has 1 atom stereocenters. The number of fused-ring (bicyclic) bond motifs is 1. The van der Waals surface area contributed by atoms with E-state index in [-0.39, 0.29) is 0 Å². The van der Waals surface area contributed by atoms with Crippen LogP contribution in [0.1, 0.15) is 18.9 Å². The van der Waals surface area contributed by atoms with Crippen LogP contribution in [0.4, 0.5) is 17.2 Å². The van der Waals surface area contributed by atoms with Crippen LogP contribution in [-0.4, -0.2) is 16.2 Å². The minimum Gasteiger partial charge on any atom is -0.382 e. The summed E-state index contributed by atoms with van der Waals surface area (Å²) in [7, 11) is 0. The van der Waals surface area contributed by atoms with Gasteiger partial charge in [0.15, 0.2) is 0 Å². The van der Waals surface area contributed by atoms with Gasteiger partial charge in [-0.05, 0) is 31.4 Å². The molecule has 2 aromatic rings. The maximum Gasteiger partial charge on any atom is 0.143 e. The van der Waals surface area contributed by atoms with Gasteiger partial charge in [-0.1, -0.05) is 18.2 Å².